The van der Waals surface area contributed by atoms with Crippen LogP contribution in [0.5, 0.6) is 0 Å². The first-order valence-electron chi connectivity index (χ1n) is 7.07. The highest BCUT2D eigenvalue weighted by atomic mass is 32.1. The van der Waals surface area contributed by atoms with Crippen LogP contribution in [0.15, 0.2) is 24.2 Å². The summed E-state index contributed by atoms with van der Waals surface area (Å²) < 4.78 is 14.3. The Labute approximate surface area is 150 Å². The van der Waals surface area contributed by atoms with Gasteiger partial charge < -0.3 is 29.2 Å². The van der Waals surface area contributed by atoms with Gasteiger partial charge in [-0.05, 0) is 20.8 Å². The number of oxime groups is 1. The van der Waals surface area contributed by atoms with E-state index in [0.717, 1.165) is 11.3 Å². The maximum atomic E-state index is 12.1. The summed E-state index contributed by atoms with van der Waals surface area (Å²) in [4.78, 5) is 43.2. The molecule has 3 N–H and O–H groups in total. The van der Waals surface area contributed by atoms with Crippen LogP contribution in [-0.4, -0.2) is 33.3 Å². The number of esters is 1. The van der Waals surface area contributed by atoms with Gasteiger partial charge in [0.05, 0.1) is 0 Å². The number of carboxylic acids is 1. The van der Waals surface area contributed by atoms with Crippen LogP contribution in [0.4, 0.5) is 5.13 Å². The van der Waals surface area contributed by atoms with Crippen molar-refractivity contribution in [3.05, 3.63) is 33.2 Å². The second kappa shape index (κ2) is 7.39. The summed E-state index contributed by atoms with van der Waals surface area (Å²) >= 11 is 1.03. The van der Waals surface area contributed by atoms with Gasteiger partial charge in [-0.15, -0.1) is 11.3 Å². The summed E-state index contributed by atoms with van der Waals surface area (Å²) in [5.41, 5.74) is 3.32. The van der Waals surface area contributed by atoms with Gasteiger partial charge in [0.1, 0.15) is 5.69 Å². The van der Waals surface area contributed by atoms with Gasteiger partial charge >= 0.3 is 17.8 Å². The highest BCUT2D eigenvalue weighted by Gasteiger charge is 2.34. The Kier molecular flexibility index (Phi) is 5.45. The van der Waals surface area contributed by atoms with Crippen LogP contribution < -0.4 is 11.6 Å². The lowest BCUT2D eigenvalue weighted by Crippen LogP contribution is -2.36. The number of ether oxygens (including phenoxy) is 1. The predicted octanol–water partition coefficient (Wildman–Crippen LogP) is 0.907. The van der Waals surface area contributed by atoms with E-state index in [-0.39, 0.29) is 29.0 Å². The number of aliphatic carboxylic acids is 1. The molecule has 0 spiro atoms. The van der Waals surface area contributed by atoms with Crippen molar-refractivity contribution >= 4 is 34.1 Å². The Balaban J connectivity index is 2.07. The van der Waals surface area contributed by atoms with E-state index in [9.17, 15) is 19.5 Å². The van der Waals surface area contributed by atoms with Crippen molar-refractivity contribution in [3.63, 3.8) is 0 Å². The van der Waals surface area contributed by atoms with Crippen molar-refractivity contribution in [3.8, 4) is 0 Å². The number of anilines is 1. The molecular weight excluding hydrogens is 370 g/mol. The number of hydrogen-bond donors (Lipinski definition) is 2. The van der Waals surface area contributed by atoms with Crippen molar-refractivity contribution in [2.45, 2.75) is 33.0 Å². The minimum Gasteiger partial charge on any atom is -0.476 e. The monoisotopic (exact) mass is 385 g/mol. The summed E-state index contributed by atoms with van der Waals surface area (Å²) in [6.45, 7) is 3.76. The number of aryl methyl sites for hydroxylation is 1. The second-order valence-corrected chi connectivity index (χ2v) is 6.32. The van der Waals surface area contributed by atoms with Crippen LogP contribution >= 0.6 is 11.3 Å². The van der Waals surface area contributed by atoms with E-state index in [0.29, 0.717) is 0 Å². The molecule has 0 atom stereocenters. The van der Waals surface area contributed by atoms with Crippen LogP contribution in [-0.2, 0) is 25.8 Å². The zero-order valence-electron chi connectivity index (χ0n) is 14.0. The van der Waals surface area contributed by atoms with Gasteiger partial charge in [0, 0.05) is 5.38 Å². The van der Waals surface area contributed by atoms with E-state index in [4.69, 9.17) is 19.7 Å². The van der Waals surface area contributed by atoms with Crippen LogP contribution in [0.1, 0.15) is 31.1 Å². The number of rotatable bonds is 7. The Bertz CT molecular complexity index is 907. The number of thiazole rings is 1. The van der Waals surface area contributed by atoms with Crippen LogP contribution in [0.25, 0.3) is 0 Å². The molecule has 11 nitrogen and oxygen atoms in total. The largest absolute Gasteiger partial charge is 0.519 e. The van der Waals surface area contributed by atoms with Crippen LogP contribution in [0, 0.1) is 6.92 Å². The predicted molar refractivity (Wildman–Crippen MR) is 87.6 cm³/mol. The molecule has 26 heavy (non-hydrogen) atoms. The molecule has 140 valence electrons. The third-order valence-electron chi connectivity index (χ3n) is 2.99. The van der Waals surface area contributed by atoms with E-state index in [2.05, 4.69) is 14.6 Å². The number of carbonyl (C=O) groups is 2. The van der Waals surface area contributed by atoms with Crippen LogP contribution in [0.3, 0.4) is 0 Å². The lowest BCUT2D eigenvalue weighted by Gasteiger charge is -2.20. The first kappa shape index (κ1) is 19.2. The van der Waals surface area contributed by atoms with Gasteiger partial charge in [0.15, 0.2) is 23.3 Å². The third-order valence-corrected chi connectivity index (χ3v) is 3.67. The molecule has 0 saturated heterocycles. The number of aromatic nitrogens is 1. The summed E-state index contributed by atoms with van der Waals surface area (Å²) in [5.74, 6) is -2.97. The molecule has 0 aromatic carbocycles. The average Bonchev–Trinajstić information content (AvgIpc) is 3.09. The standard InChI is InChI=1S/C14H15N3O8S/c1-6-8(24-13(21)23-6)4-22-11(20)14(2,3)25-17-9(10(18)19)7-5-26-12(15)16-7/h5H,4H2,1-3H3,(H2,15,16)(H,18,19)/b17-9-. The summed E-state index contributed by atoms with van der Waals surface area (Å²) in [5, 5.41) is 14.2. The van der Waals surface area contributed by atoms with Gasteiger partial charge in [-0.25, -0.2) is 19.4 Å². The molecule has 0 fully saturated rings. The first-order valence-corrected chi connectivity index (χ1v) is 7.95. The van der Waals surface area contributed by atoms with Gasteiger partial charge in [0.2, 0.25) is 11.3 Å². The number of hydrogen-bond acceptors (Lipinski definition) is 11. The van der Waals surface area contributed by atoms with E-state index in [1.54, 1.807) is 0 Å². The molecule has 0 amide bonds. The zero-order chi connectivity index (χ0) is 19.5. The average molecular weight is 385 g/mol. The fraction of sp³-hybridized carbons (Fsp3) is 0.357. The van der Waals surface area contributed by atoms with E-state index in [1.807, 2.05) is 0 Å². The molecular formula is C14H15N3O8S. The summed E-state index contributed by atoms with van der Waals surface area (Å²) in [7, 11) is 0. The molecule has 2 aromatic rings. The molecule has 0 unspecified atom stereocenters. The first-order chi connectivity index (χ1) is 12.1. The highest BCUT2D eigenvalue weighted by molar-refractivity contribution is 7.13. The number of nitrogens with two attached hydrogens (primary N) is 1. The maximum absolute atomic E-state index is 12.1. The summed E-state index contributed by atoms with van der Waals surface area (Å²) in [6.07, 6.45) is 0. The molecule has 2 heterocycles. The molecule has 2 aromatic heterocycles. The van der Waals surface area contributed by atoms with Crippen molar-refractivity contribution in [2.75, 3.05) is 5.73 Å². The minimum atomic E-state index is -1.62. The lowest BCUT2D eigenvalue weighted by molar-refractivity contribution is -0.170. The van der Waals surface area contributed by atoms with Crippen molar-refractivity contribution in [1.29, 1.82) is 0 Å². The normalized spacial score (nSPS) is 12.0. The Morgan fingerprint density at radius 1 is 1.42 bits per heavy atom. The van der Waals surface area contributed by atoms with E-state index in [1.165, 1.54) is 26.2 Å². The van der Waals surface area contributed by atoms with E-state index >= 15 is 0 Å². The topological polar surface area (TPSA) is 167 Å². The Morgan fingerprint density at radius 2 is 2.12 bits per heavy atom. The van der Waals surface area contributed by atoms with Gasteiger partial charge in [-0.1, -0.05) is 5.16 Å². The number of carboxylic acid groups (broad SMARTS) is 1. The van der Waals surface area contributed by atoms with E-state index < -0.39 is 29.1 Å². The number of nitrogen functional groups attached to an aromatic ring is 1. The van der Waals surface area contributed by atoms with Crippen molar-refractivity contribution < 1.29 is 33.1 Å². The zero-order valence-corrected chi connectivity index (χ0v) is 14.8. The summed E-state index contributed by atoms with van der Waals surface area (Å²) in [6, 6.07) is 0. The highest BCUT2D eigenvalue weighted by Crippen LogP contribution is 2.17. The molecule has 0 aliphatic heterocycles. The van der Waals surface area contributed by atoms with Gasteiger partial charge in [-0.2, -0.15) is 0 Å². The van der Waals surface area contributed by atoms with Crippen molar-refractivity contribution in [1.82, 2.24) is 4.98 Å². The number of nitrogens with zero attached hydrogens (tertiary/aromatic N) is 2. The fourth-order valence-electron chi connectivity index (χ4n) is 1.60. The van der Waals surface area contributed by atoms with Crippen LogP contribution in [0.2, 0.25) is 0 Å². The van der Waals surface area contributed by atoms with Gasteiger partial charge in [0.25, 0.3) is 0 Å². The maximum Gasteiger partial charge on any atom is 0.519 e. The fourth-order valence-corrected chi connectivity index (χ4v) is 2.15. The van der Waals surface area contributed by atoms with Gasteiger partial charge in [-0.3, -0.25) is 0 Å². The van der Waals surface area contributed by atoms with Crippen molar-refractivity contribution in [2.24, 2.45) is 5.16 Å². The Hall–Kier alpha value is -3.15. The molecule has 0 saturated carbocycles. The second-order valence-electron chi connectivity index (χ2n) is 5.43. The Morgan fingerprint density at radius 3 is 2.62 bits per heavy atom. The smallest absolute Gasteiger partial charge is 0.476 e. The number of carbonyl (C=O) groups excluding carboxylic acids is 1. The quantitative estimate of drug-likeness (QED) is 0.397. The molecule has 12 heteroatoms. The minimum absolute atomic E-state index is 0.0000329. The molecule has 0 radical (unpaired) electrons. The lowest BCUT2D eigenvalue weighted by atomic mass is 10.1. The SMILES string of the molecule is Cc1oc(=O)oc1COC(=O)C(C)(C)O/N=C(\C(=O)O)c1csc(N)n1. The molecule has 2 rings (SSSR count). The third kappa shape index (κ3) is 4.47. The molecule has 0 aliphatic rings. The molecule has 0 bridgehead atoms. The molecule has 0 aliphatic carbocycles.